The molecule has 8 heteroatoms. The minimum atomic E-state index is -2.07. The number of hydrogen-bond acceptors (Lipinski definition) is 5. The lowest BCUT2D eigenvalue weighted by Crippen LogP contribution is -3.12. The molecule has 2 aliphatic rings. The molecule has 2 saturated heterocycles. The van der Waals surface area contributed by atoms with Crippen molar-refractivity contribution in [2.24, 2.45) is 0 Å². The maximum Gasteiger partial charge on any atom is 0.351 e. The minimum Gasteiger partial charge on any atom is -0.539 e. The van der Waals surface area contributed by atoms with Gasteiger partial charge in [-0.3, -0.25) is 9.80 Å². The Labute approximate surface area is 165 Å². The number of carbonyl (C=O) groups is 2. The van der Waals surface area contributed by atoms with Crippen molar-refractivity contribution >= 4 is 23.5 Å². The Morgan fingerprint density at radius 2 is 1.74 bits per heavy atom. The summed E-state index contributed by atoms with van der Waals surface area (Å²) in [6, 6.07) is 9.04. The second kappa shape index (κ2) is 10.6. The molecule has 2 fully saturated rings. The van der Waals surface area contributed by atoms with E-state index >= 15 is 0 Å². The Balaban J connectivity index is 0.000000380. The van der Waals surface area contributed by atoms with Crippen LogP contribution in [0.1, 0.15) is 18.4 Å². The molecular weight excluding hydrogens is 370 g/mol. The first-order chi connectivity index (χ1) is 12.9. The highest BCUT2D eigenvalue weighted by Gasteiger charge is 2.27. The predicted molar refractivity (Wildman–Crippen MR) is 101 cm³/mol. The first-order valence-corrected chi connectivity index (χ1v) is 9.70. The summed E-state index contributed by atoms with van der Waals surface area (Å²) in [5, 5.41) is 17.2. The van der Waals surface area contributed by atoms with E-state index in [2.05, 4.69) is 29.0 Å². The number of nitrogens with one attached hydrogen (secondary N) is 1. The number of carboxylic acid groups (broad SMARTS) is 2. The SMILES string of the molecule is C[NH+]1CCN(C2CCN(Cc3ccccc3Cl)CC2)CC1.O=C([O-])C(=O)O. The van der Waals surface area contributed by atoms with E-state index < -0.39 is 11.9 Å². The van der Waals surface area contributed by atoms with Crippen LogP contribution in [0.15, 0.2) is 24.3 Å². The third-order valence-corrected chi connectivity index (χ3v) is 5.62. The zero-order valence-electron chi connectivity index (χ0n) is 15.7. The van der Waals surface area contributed by atoms with Crippen LogP contribution in [0.4, 0.5) is 0 Å². The van der Waals surface area contributed by atoms with E-state index in [-0.39, 0.29) is 0 Å². The third kappa shape index (κ3) is 7.10. The molecule has 0 saturated carbocycles. The maximum atomic E-state index is 9.04. The average molecular weight is 398 g/mol. The molecule has 0 bridgehead atoms. The van der Waals surface area contributed by atoms with Crippen LogP contribution in [0.2, 0.25) is 5.02 Å². The number of likely N-dealkylation sites (N-methyl/N-ethyl adjacent to an activating group) is 1. The lowest BCUT2D eigenvalue weighted by Gasteiger charge is -2.40. The highest BCUT2D eigenvalue weighted by atomic mass is 35.5. The van der Waals surface area contributed by atoms with Crippen LogP contribution in [0.25, 0.3) is 0 Å². The molecular formula is C19H28ClN3O4. The van der Waals surface area contributed by atoms with Crippen molar-refractivity contribution in [1.82, 2.24) is 9.80 Å². The molecule has 0 aliphatic carbocycles. The standard InChI is InChI=1S/C17H26ClN3.C2H2O4/c1-19-10-12-21(13-11-19)16-6-8-20(9-7-16)14-15-4-2-3-5-17(15)18;3-1(4)2(5)6/h2-5,16H,6-14H2,1H3;(H,3,4)(H,5,6). The van der Waals surface area contributed by atoms with Gasteiger partial charge in [0.05, 0.1) is 20.1 Å². The monoisotopic (exact) mass is 397 g/mol. The second-order valence-electron chi connectivity index (χ2n) is 7.18. The van der Waals surface area contributed by atoms with Gasteiger partial charge in [-0.15, -0.1) is 0 Å². The van der Waals surface area contributed by atoms with Gasteiger partial charge in [-0.2, -0.15) is 0 Å². The molecule has 3 rings (SSSR count). The molecule has 0 spiro atoms. The fourth-order valence-electron chi connectivity index (χ4n) is 3.58. The predicted octanol–water partition coefficient (Wildman–Crippen LogP) is -1.04. The van der Waals surface area contributed by atoms with Crippen molar-refractivity contribution in [1.29, 1.82) is 0 Å². The number of piperidine rings is 1. The van der Waals surface area contributed by atoms with Gasteiger partial charge in [0.25, 0.3) is 0 Å². The number of carbonyl (C=O) groups excluding carboxylic acids is 1. The number of carboxylic acids is 2. The summed E-state index contributed by atoms with van der Waals surface area (Å²) in [4.78, 5) is 25.0. The van der Waals surface area contributed by atoms with Gasteiger partial charge in [0.2, 0.25) is 0 Å². The van der Waals surface area contributed by atoms with Crippen LogP contribution in [0.3, 0.4) is 0 Å². The largest absolute Gasteiger partial charge is 0.539 e. The summed E-state index contributed by atoms with van der Waals surface area (Å²) in [7, 11) is 2.31. The number of aliphatic carboxylic acids is 2. The number of quaternary nitrogens is 1. The summed E-state index contributed by atoms with van der Waals surface area (Å²) >= 11 is 6.27. The molecule has 150 valence electrons. The highest BCUT2D eigenvalue weighted by Crippen LogP contribution is 2.21. The number of halogens is 1. The normalized spacial score (nSPS) is 19.9. The smallest absolute Gasteiger partial charge is 0.351 e. The minimum absolute atomic E-state index is 0.806. The van der Waals surface area contributed by atoms with Crippen molar-refractivity contribution in [2.45, 2.75) is 25.4 Å². The Bertz CT molecular complexity index is 615. The topological polar surface area (TPSA) is 88.4 Å². The van der Waals surface area contributed by atoms with Crippen LogP contribution in [-0.2, 0) is 16.1 Å². The summed E-state index contributed by atoms with van der Waals surface area (Å²) in [5.41, 5.74) is 1.26. The Kier molecular flexibility index (Phi) is 8.50. The Morgan fingerprint density at radius 3 is 2.26 bits per heavy atom. The number of nitrogens with zero attached hydrogens (tertiary/aromatic N) is 2. The molecule has 0 radical (unpaired) electrons. The number of piperazine rings is 1. The molecule has 1 aromatic carbocycles. The van der Waals surface area contributed by atoms with Crippen LogP contribution in [-0.4, -0.2) is 79.2 Å². The summed E-state index contributed by atoms with van der Waals surface area (Å²) in [6.45, 7) is 8.57. The molecule has 0 amide bonds. The zero-order valence-corrected chi connectivity index (χ0v) is 16.5. The van der Waals surface area contributed by atoms with Gasteiger partial charge in [0.15, 0.2) is 5.97 Å². The van der Waals surface area contributed by atoms with Crippen molar-refractivity contribution < 1.29 is 24.7 Å². The van der Waals surface area contributed by atoms with Gasteiger partial charge in [0.1, 0.15) is 0 Å². The lowest BCUT2D eigenvalue weighted by atomic mass is 10.0. The van der Waals surface area contributed by atoms with Gasteiger partial charge in [-0.25, -0.2) is 4.79 Å². The molecule has 27 heavy (non-hydrogen) atoms. The van der Waals surface area contributed by atoms with Crippen LogP contribution in [0.5, 0.6) is 0 Å². The van der Waals surface area contributed by atoms with Gasteiger partial charge < -0.3 is 19.9 Å². The summed E-state index contributed by atoms with van der Waals surface area (Å²) in [6.07, 6.45) is 2.62. The molecule has 1 aromatic rings. The van der Waals surface area contributed by atoms with Crippen LogP contribution < -0.4 is 10.0 Å². The van der Waals surface area contributed by atoms with Crippen LogP contribution >= 0.6 is 11.6 Å². The number of rotatable bonds is 3. The molecule has 2 aliphatic heterocycles. The van der Waals surface area contributed by atoms with E-state index in [1.165, 1.54) is 57.7 Å². The second-order valence-corrected chi connectivity index (χ2v) is 7.59. The first kappa shape index (κ1) is 21.6. The Morgan fingerprint density at radius 1 is 1.19 bits per heavy atom. The van der Waals surface area contributed by atoms with Crippen molar-refractivity contribution in [3.05, 3.63) is 34.9 Å². The zero-order chi connectivity index (χ0) is 19.8. The quantitative estimate of drug-likeness (QED) is 0.633. The Hall–Kier alpha value is -1.67. The molecule has 7 nitrogen and oxygen atoms in total. The van der Waals surface area contributed by atoms with Crippen molar-refractivity contribution in [3.8, 4) is 0 Å². The van der Waals surface area contributed by atoms with E-state index in [1.54, 1.807) is 4.90 Å². The van der Waals surface area contributed by atoms with E-state index in [4.69, 9.17) is 31.4 Å². The first-order valence-electron chi connectivity index (χ1n) is 9.32. The highest BCUT2D eigenvalue weighted by molar-refractivity contribution is 6.31. The van der Waals surface area contributed by atoms with Crippen LogP contribution in [0, 0.1) is 0 Å². The summed E-state index contributed by atoms with van der Waals surface area (Å²) < 4.78 is 0. The van der Waals surface area contributed by atoms with E-state index in [1.807, 2.05) is 12.1 Å². The average Bonchev–Trinajstić information content (AvgIpc) is 2.65. The third-order valence-electron chi connectivity index (χ3n) is 5.25. The van der Waals surface area contributed by atoms with Gasteiger partial charge in [0, 0.05) is 30.7 Å². The van der Waals surface area contributed by atoms with E-state index in [0.717, 1.165) is 17.6 Å². The molecule has 2 N–H and O–H groups in total. The lowest BCUT2D eigenvalue weighted by molar-refractivity contribution is -0.884. The fraction of sp³-hybridized carbons (Fsp3) is 0.579. The van der Waals surface area contributed by atoms with Crippen molar-refractivity contribution in [2.75, 3.05) is 46.3 Å². The molecule has 0 unspecified atom stereocenters. The fourth-order valence-corrected chi connectivity index (χ4v) is 3.78. The van der Waals surface area contributed by atoms with E-state index in [9.17, 15) is 0 Å². The molecule has 0 atom stereocenters. The number of hydrogen-bond donors (Lipinski definition) is 2. The maximum absolute atomic E-state index is 9.04. The van der Waals surface area contributed by atoms with Crippen molar-refractivity contribution in [3.63, 3.8) is 0 Å². The van der Waals surface area contributed by atoms with E-state index in [0.29, 0.717) is 0 Å². The number of benzene rings is 1. The molecule has 0 aromatic heterocycles. The summed E-state index contributed by atoms with van der Waals surface area (Å²) in [5.74, 6) is -4.01. The molecule has 2 heterocycles. The van der Waals surface area contributed by atoms with Gasteiger partial charge >= 0.3 is 5.97 Å². The number of likely N-dealkylation sites (tertiary alicyclic amines) is 1. The van der Waals surface area contributed by atoms with Gasteiger partial charge in [-0.05, 0) is 37.6 Å². The van der Waals surface area contributed by atoms with Gasteiger partial charge in [-0.1, -0.05) is 29.8 Å².